The second kappa shape index (κ2) is 6.59. The van der Waals surface area contributed by atoms with Gasteiger partial charge in [-0.3, -0.25) is 0 Å². The van der Waals surface area contributed by atoms with Gasteiger partial charge in [0.15, 0.2) is 0 Å². The van der Waals surface area contributed by atoms with Crippen LogP contribution < -0.4 is 11.1 Å². The number of carbonyl (C=O) groups is 1. The molecule has 3 N–H and O–H groups in total. The number of carbonyl (C=O) groups excluding carboxylic acids is 1. The molecule has 1 aromatic rings. The summed E-state index contributed by atoms with van der Waals surface area (Å²) in [6, 6.07) is 5.07. The van der Waals surface area contributed by atoms with Gasteiger partial charge in [0.25, 0.3) is 0 Å². The van der Waals surface area contributed by atoms with Gasteiger partial charge in [0.05, 0.1) is 0 Å². The number of nitrogens with one attached hydrogen (secondary N) is 1. The van der Waals surface area contributed by atoms with E-state index in [-0.39, 0.29) is 12.6 Å². The van der Waals surface area contributed by atoms with Crippen LogP contribution in [0.25, 0.3) is 0 Å². The number of alkyl carbamates (subject to hydrolysis) is 1. The minimum atomic E-state index is -0.521. The molecule has 4 nitrogen and oxygen atoms in total. The standard InChI is InChI=1S/C13H18BrClN2O2/c1-13(2,3)19-12(18)17-7-11(16)8-4-9(14)6-10(15)5-8/h4-6,11H,7,16H2,1-3H3,(H,17,18). The molecule has 0 heterocycles. The zero-order valence-electron chi connectivity index (χ0n) is 11.2. The molecule has 1 aromatic carbocycles. The van der Waals surface area contributed by atoms with Crippen LogP contribution >= 0.6 is 27.5 Å². The molecule has 0 radical (unpaired) electrons. The van der Waals surface area contributed by atoms with E-state index in [4.69, 9.17) is 22.1 Å². The fourth-order valence-corrected chi connectivity index (χ4v) is 2.30. The highest BCUT2D eigenvalue weighted by atomic mass is 79.9. The van der Waals surface area contributed by atoms with E-state index < -0.39 is 11.7 Å². The number of halogens is 2. The van der Waals surface area contributed by atoms with Crippen LogP contribution in [0.5, 0.6) is 0 Å². The van der Waals surface area contributed by atoms with Gasteiger partial charge in [-0.1, -0.05) is 27.5 Å². The topological polar surface area (TPSA) is 64.3 Å². The number of rotatable bonds is 3. The summed E-state index contributed by atoms with van der Waals surface area (Å²) in [7, 11) is 0. The molecule has 1 unspecified atom stereocenters. The number of hydrogen-bond acceptors (Lipinski definition) is 3. The average Bonchev–Trinajstić information content (AvgIpc) is 2.22. The molecule has 19 heavy (non-hydrogen) atoms. The SMILES string of the molecule is CC(C)(C)OC(=O)NCC(N)c1cc(Cl)cc(Br)c1. The fraction of sp³-hybridized carbons (Fsp3) is 0.462. The Labute approximate surface area is 126 Å². The molecule has 0 bridgehead atoms. The van der Waals surface area contributed by atoms with E-state index in [1.54, 1.807) is 32.9 Å². The zero-order valence-corrected chi connectivity index (χ0v) is 13.5. The van der Waals surface area contributed by atoms with Gasteiger partial charge < -0.3 is 15.8 Å². The molecule has 1 amide bonds. The van der Waals surface area contributed by atoms with E-state index in [1.807, 2.05) is 6.07 Å². The van der Waals surface area contributed by atoms with Crippen molar-refractivity contribution in [3.8, 4) is 0 Å². The summed E-state index contributed by atoms with van der Waals surface area (Å²) in [6.45, 7) is 5.70. The molecule has 6 heteroatoms. The van der Waals surface area contributed by atoms with Gasteiger partial charge in [-0.25, -0.2) is 4.79 Å². The molecule has 0 aromatic heterocycles. The summed E-state index contributed by atoms with van der Waals surface area (Å²) in [5.41, 5.74) is 6.32. The molecule has 0 fully saturated rings. The van der Waals surface area contributed by atoms with Gasteiger partial charge in [0, 0.05) is 22.1 Å². The Morgan fingerprint density at radius 3 is 2.63 bits per heavy atom. The number of nitrogens with two attached hydrogens (primary N) is 1. The van der Waals surface area contributed by atoms with Crippen molar-refractivity contribution in [1.29, 1.82) is 0 Å². The van der Waals surface area contributed by atoms with Gasteiger partial charge in [0.1, 0.15) is 5.60 Å². The highest BCUT2D eigenvalue weighted by Gasteiger charge is 2.17. The molecule has 0 spiro atoms. The minimum Gasteiger partial charge on any atom is -0.444 e. The summed E-state index contributed by atoms with van der Waals surface area (Å²) in [6.07, 6.45) is -0.482. The maximum Gasteiger partial charge on any atom is 0.407 e. The molecule has 0 aliphatic rings. The lowest BCUT2D eigenvalue weighted by molar-refractivity contribution is 0.0524. The first-order valence-electron chi connectivity index (χ1n) is 5.86. The van der Waals surface area contributed by atoms with Crippen molar-refractivity contribution in [3.63, 3.8) is 0 Å². The maximum absolute atomic E-state index is 11.5. The third-order valence-electron chi connectivity index (χ3n) is 2.18. The fourth-order valence-electron chi connectivity index (χ4n) is 1.41. The Morgan fingerprint density at radius 1 is 1.47 bits per heavy atom. The second-order valence-electron chi connectivity index (χ2n) is 5.19. The third-order valence-corrected chi connectivity index (χ3v) is 2.85. The van der Waals surface area contributed by atoms with Crippen molar-refractivity contribution in [2.24, 2.45) is 5.73 Å². The molecule has 1 rings (SSSR count). The van der Waals surface area contributed by atoms with E-state index in [0.717, 1.165) is 10.0 Å². The minimum absolute atomic E-state index is 0.279. The number of amides is 1. The predicted molar refractivity (Wildman–Crippen MR) is 80.3 cm³/mol. The Bertz CT molecular complexity index is 440. The van der Waals surface area contributed by atoms with E-state index >= 15 is 0 Å². The van der Waals surface area contributed by atoms with Crippen molar-refractivity contribution in [2.45, 2.75) is 32.4 Å². The first kappa shape index (κ1) is 16.3. The second-order valence-corrected chi connectivity index (χ2v) is 6.54. The highest BCUT2D eigenvalue weighted by Crippen LogP contribution is 2.22. The monoisotopic (exact) mass is 348 g/mol. The third kappa shape index (κ3) is 6.27. The summed E-state index contributed by atoms with van der Waals surface area (Å²) in [5.74, 6) is 0. The average molecular weight is 350 g/mol. The molecule has 0 aliphatic carbocycles. The lowest BCUT2D eigenvalue weighted by atomic mass is 10.1. The van der Waals surface area contributed by atoms with Crippen LogP contribution in [-0.2, 0) is 4.74 Å². The first-order valence-corrected chi connectivity index (χ1v) is 7.03. The normalized spacial score (nSPS) is 12.9. The smallest absolute Gasteiger partial charge is 0.407 e. The molecular formula is C13H18BrClN2O2. The van der Waals surface area contributed by atoms with Crippen LogP contribution in [0.15, 0.2) is 22.7 Å². The summed E-state index contributed by atoms with van der Waals surface area (Å²) in [5, 5.41) is 3.23. The van der Waals surface area contributed by atoms with Gasteiger partial charge in [0.2, 0.25) is 0 Å². The van der Waals surface area contributed by atoms with Gasteiger partial charge >= 0.3 is 6.09 Å². The molecule has 0 saturated carbocycles. The zero-order chi connectivity index (χ0) is 14.6. The van der Waals surface area contributed by atoms with Crippen molar-refractivity contribution in [1.82, 2.24) is 5.32 Å². The summed E-state index contributed by atoms with van der Waals surface area (Å²) in [4.78, 5) is 11.5. The Morgan fingerprint density at radius 2 is 2.11 bits per heavy atom. The number of benzene rings is 1. The van der Waals surface area contributed by atoms with Crippen LogP contribution in [0.4, 0.5) is 4.79 Å². The van der Waals surface area contributed by atoms with Gasteiger partial charge in [-0.15, -0.1) is 0 Å². The number of hydrogen-bond donors (Lipinski definition) is 2. The molecule has 1 atom stereocenters. The van der Waals surface area contributed by atoms with E-state index in [1.165, 1.54) is 0 Å². The molecular weight excluding hydrogens is 332 g/mol. The van der Waals surface area contributed by atoms with Crippen LogP contribution in [0, 0.1) is 0 Å². The molecule has 0 saturated heterocycles. The van der Waals surface area contributed by atoms with E-state index in [2.05, 4.69) is 21.2 Å². The lowest BCUT2D eigenvalue weighted by Crippen LogP contribution is -2.36. The van der Waals surface area contributed by atoms with Crippen molar-refractivity contribution in [2.75, 3.05) is 6.54 Å². The van der Waals surface area contributed by atoms with Gasteiger partial charge in [-0.2, -0.15) is 0 Å². The molecule has 106 valence electrons. The van der Waals surface area contributed by atoms with Crippen molar-refractivity contribution < 1.29 is 9.53 Å². The maximum atomic E-state index is 11.5. The first-order chi connectivity index (χ1) is 8.67. The summed E-state index contributed by atoms with van der Waals surface area (Å²) >= 11 is 9.30. The van der Waals surface area contributed by atoms with E-state index in [9.17, 15) is 4.79 Å². The van der Waals surface area contributed by atoms with Crippen LogP contribution in [0.3, 0.4) is 0 Å². The highest BCUT2D eigenvalue weighted by molar-refractivity contribution is 9.10. The van der Waals surface area contributed by atoms with E-state index in [0.29, 0.717) is 5.02 Å². The van der Waals surface area contributed by atoms with Crippen LogP contribution in [-0.4, -0.2) is 18.2 Å². The number of ether oxygens (including phenoxy) is 1. The molecule has 0 aliphatic heterocycles. The Kier molecular flexibility index (Phi) is 5.64. The van der Waals surface area contributed by atoms with Crippen molar-refractivity contribution in [3.05, 3.63) is 33.3 Å². The van der Waals surface area contributed by atoms with Gasteiger partial charge in [-0.05, 0) is 44.5 Å². The predicted octanol–water partition coefficient (Wildman–Crippen LogP) is 3.63. The van der Waals surface area contributed by atoms with Crippen LogP contribution in [0.2, 0.25) is 5.02 Å². The van der Waals surface area contributed by atoms with Crippen molar-refractivity contribution >= 4 is 33.6 Å². The Balaban J connectivity index is 2.56. The lowest BCUT2D eigenvalue weighted by Gasteiger charge is -2.21. The quantitative estimate of drug-likeness (QED) is 0.876. The van der Waals surface area contributed by atoms with Crippen LogP contribution in [0.1, 0.15) is 32.4 Å². The Hall–Kier alpha value is -0.780. The summed E-state index contributed by atoms with van der Waals surface area (Å²) < 4.78 is 5.98. The largest absolute Gasteiger partial charge is 0.444 e.